The molecule has 0 bridgehead atoms. The lowest BCUT2D eigenvalue weighted by Gasteiger charge is -2.25. The molecule has 102 valence electrons. The summed E-state index contributed by atoms with van der Waals surface area (Å²) in [6.07, 6.45) is 2.69. The third-order valence-corrected chi connectivity index (χ3v) is 3.25. The fraction of sp³-hybridized carbons (Fsp3) is 0.643. The van der Waals surface area contributed by atoms with Crippen LogP contribution in [-0.2, 0) is 11.3 Å². The monoisotopic (exact) mass is 252 g/mol. The minimum Gasteiger partial charge on any atom is -0.467 e. The Morgan fingerprint density at radius 1 is 1.50 bits per heavy atom. The van der Waals surface area contributed by atoms with Gasteiger partial charge in [-0.05, 0) is 30.9 Å². The summed E-state index contributed by atoms with van der Waals surface area (Å²) in [6.45, 7) is 9.68. The van der Waals surface area contributed by atoms with Crippen LogP contribution in [0.15, 0.2) is 22.8 Å². The summed E-state index contributed by atoms with van der Waals surface area (Å²) in [4.78, 5) is 11.8. The molecule has 1 unspecified atom stereocenters. The highest BCUT2D eigenvalue weighted by atomic mass is 16.3. The van der Waals surface area contributed by atoms with Gasteiger partial charge in [0.05, 0.1) is 18.8 Å². The first-order chi connectivity index (χ1) is 8.44. The fourth-order valence-corrected chi connectivity index (χ4v) is 1.39. The van der Waals surface area contributed by atoms with E-state index in [9.17, 15) is 4.79 Å². The Kier molecular flexibility index (Phi) is 5.41. The van der Waals surface area contributed by atoms with E-state index < -0.39 is 0 Å². The zero-order valence-electron chi connectivity index (χ0n) is 11.7. The lowest BCUT2D eigenvalue weighted by molar-refractivity contribution is -0.123. The molecule has 0 aliphatic carbocycles. The molecule has 0 fully saturated rings. The predicted octanol–water partition coefficient (Wildman–Crippen LogP) is 2.31. The van der Waals surface area contributed by atoms with Gasteiger partial charge in [0.1, 0.15) is 5.76 Å². The maximum absolute atomic E-state index is 11.8. The van der Waals surface area contributed by atoms with Gasteiger partial charge in [0.15, 0.2) is 0 Å². The summed E-state index contributed by atoms with van der Waals surface area (Å²) >= 11 is 0. The largest absolute Gasteiger partial charge is 0.467 e. The third-order valence-electron chi connectivity index (χ3n) is 3.25. The van der Waals surface area contributed by atoms with Crippen LogP contribution in [0, 0.1) is 5.41 Å². The van der Waals surface area contributed by atoms with Crippen molar-refractivity contribution in [1.82, 2.24) is 10.6 Å². The van der Waals surface area contributed by atoms with Gasteiger partial charge in [-0.3, -0.25) is 4.79 Å². The van der Waals surface area contributed by atoms with E-state index in [1.807, 2.05) is 19.1 Å². The zero-order valence-corrected chi connectivity index (χ0v) is 11.7. The number of carbonyl (C=O) groups is 1. The van der Waals surface area contributed by atoms with Gasteiger partial charge in [-0.15, -0.1) is 0 Å². The van der Waals surface area contributed by atoms with Crippen LogP contribution >= 0.6 is 0 Å². The van der Waals surface area contributed by atoms with Crippen molar-refractivity contribution in [3.05, 3.63) is 24.2 Å². The van der Waals surface area contributed by atoms with E-state index in [2.05, 4.69) is 31.4 Å². The van der Waals surface area contributed by atoms with Crippen LogP contribution in [0.2, 0.25) is 0 Å². The van der Waals surface area contributed by atoms with Crippen molar-refractivity contribution in [2.24, 2.45) is 5.41 Å². The Hall–Kier alpha value is -1.29. The molecular formula is C14H24N2O2. The molecule has 0 spiro atoms. The third kappa shape index (κ3) is 4.92. The molecule has 0 aliphatic rings. The van der Waals surface area contributed by atoms with E-state index in [-0.39, 0.29) is 17.4 Å². The lowest BCUT2D eigenvalue weighted by Crippen LogP contribution is -2.45. The molecule has 0 saturated heterocycles. The van der Waals surface area contributed by atoms with Crippen LogP contribution in [0.25, 0.3) is 0 Å². The number of hydrogen-bond donors (Lipinski definition) is 2. The van der Waals surface area contributed by atoms with Gasteiger partial charge in [-0.1, -0.05) is 20.8 Å². The number of carbonyl (C=O) groups excluding carboxylic acids is 1. The molecule has 1 heterocycles. The number of furan rings is 1. The molecule has 0 saturated carbocycles. The van der Waals surface area contributed by atoms with E-state index in [1.165, 1.54) is 0 Å². The van der Waals surface area contributed by atoms with Gasteiger partial charge in [0.2, 0.25) is 5.91 Å². The summed E-state index contributed by atoms with van der Waals surface area (Å²) in [5.74, 6) is 0.766. The molecule has 1 rings (SSSR count). The minimum absolute atomic E-state index is 0.00157. The molecular weight excluding hydrogens is 228 g/mol. The van der Waals surface area contributed by atoms with Crippen molar-refractivity contribution in [2.75, 3.05) is 6.54 Å². The van der Waals surface area contributed by atoms with Gasteiger partial charge in [0, 0.05) is 6.54 Å². The summed E-state index contributed by atoms with van der Waals surface area (Å²) < 4.78 is 5.16. The van der Waals surface area contributed by atoms with E-state index in [0.717, 1.165) is 18.7 Å². The summed E-state index contributed by atoms with van der Waals surface area (Å²) in [6, 6.07) is 3.47. The molecule has 18 heavy (non-hydrogen) atoms. The average molecular weight is 252 g/mol. The van der Waals surface area contributed by atoms with Gasteiger partial charge in [0.25, 0.3) is 0 Å². The second kappa shape index (κ2) is 6.59. The Morgan fingerprint density at radius 2 is 2.22 bits per heavy atom. The van der Waals surface area contributed by atoms with E-state index in [1.54, 1.807) is 6.26 Å². The SMILES string of the molecule is CCC(C)(C)CNC(C)C(=O)NCc1ccco1. The van der Waals surface area contributed by atoms with Crippen molar-refractivity contribution in [2.45, 2.75) is 46.7 Å². The highest BCUT2D eigenvalue weighted by Gasteiger charge is 2.18. The zero-order chi connectivity index (χ0) is 13.6. The fourth-order valence-electron chi connectivity index (χ4n) is 1.39. The van der Waals surface area contributed by atoms with E-state index >= 15 is 0 Å². The molecule has 1 aromatic heterocycles. The second-order valence-corrected chi connectivity index (χ2v) is 5.42. The average Bonchev–Trinajstić information content (AvgIpc) is 2.86. The summed E-state index contributed by atoms with van der Waals surface area (Å²) in [7, 11) is 0. The number of hydrogen-bond acceptors (Lipinski definition) is 3. The maximum atomic E-state index is 11.8. The molecule has 2 N–H and O–H groups in total. The van der Waals surface area contributed by atoms with Crippen molar-refractivity contribution in [3.63, 3.8) is 0 Å². The highest BCUT2D eigenvalue weighted by Crippen LogP contribution is 2.17. The van der Waals surface area contributed by atoms with Gasteiger partial charge in [-0.2, -0.15) is 0 Å². The van der Waals surface area contributed by atoms with Crippen molar-refractivity contribution < 1.29 is 9.21 Å². The van der Waals surface area contributed by atoms with Crippen LogP contribution < -0.4 is 10.6 Å². The lowest BCUT2D eigenvalue weighted by atomic mass is 9.90. The molecule has 0 aromatic carbocycles. The molecule has 0 radical (unpaired) electrons. The number of amides is 1. The second-order valence-electron chi connectivity index (χ2n) is 5.42. The van der Waals surface area contributed by atoms with Crippen LogP contribution in [0.4, 0.5) is 0 Å². The first-order valence-corrected chi connectivity index (χ1v) is 6.48. The van der Waals surface area contributed by atoms with Crippen molar-refractivity contribution >= 4 is 5.91 Å². The highest BCUT2D eigenvalue weighted by molar-refractivity contribution is 5.81. The Morgan fingerprint density at radius 3 is 2.78 bits per heavy atom. The first-order valence-electron chi connectivity index (χ1n) is 6.48. The first kappa shape index (κ1) is 14.8. The Balaban J connectivity index is 2.29. The van der Waals surface area contributed by atoms with Gasteiger partial charge in [-0.25, -0.2) is 0 Å². The summed E-state index contributed by atoms with van der Waals surface area (Å²) in [5.41, 5.74) is 0.218. The Bertz CT molecular complexity index is 358. The maximum Gasteiger partial charge on any atom is 0.237 e. The smallest absolute Gasteiger partial charge is 0.237 e. The van der Waals surface area contributed by atoms with Crippen LogP contribution in [0.5, 0.6) is 0 Å². The van der Waals surface area contributed by atoms with Crippen LogP contribution in [-0.4, -0.2) is 18.5 Å². The minimum atomic E-state index is -0.189. The summed E-state index contributed by atoms with van der Waals surface area (Å²) in [5, 5.41) is 6.10. The van der Waals surface area contributed by atoms with Crippen molar-refractivity contribution in [1.29, 1.82) is 0 Å². The molecule has 1 amide bonds. The number of rotatable bonds is 7. The standard InChI is InChI=1S/C14H24N2O2/c1-5-14(3,4)10-16-11(2)13(17)15-9-12-7-6-8-18-12/h6-8,11,16H,5,9-10H2,1-4H3,(H,15,17). The van der Waals surface area contributed by atoms with Crippen molar-refractivity contribution in [3.8, 4) is 0 Å². The van der Waals surface area contributed by atoms with Crippen LogP contribution in [0.3, 0.4) is 0 Å². The van der Waals surface area contributed by atoms with Crippen LogP contribution in [0.1, 0.15) is 39.9 Å². The van der Waals surface area contributed by atoms with Gasteiger partial charge < -0.3 is 15.1 Å². The van der Waals surface area contributed by atoms with Gasteiger partial charge >= 0.3 is 0 Å². The molecule has 1 aromatic rings. The molecule has 0 aliphatic heterocycles. The number of nitrogens with one attached hydrogen (secondary N) is 2. The quantitative estimate of drug-likeness (QED) is 0.783. The molecule has 1 atom stereocenters. The predicted molar refractivity (Wildman–Crippen MR) is 72.1 cm³/mol. The molecule has 4 heteroatoms. The van der Waals surface area contributed by atoms with E-state index in [4.69, 9.17) is 4.42 Å². The van der Waals surface area contributed by atoms with E-state index in [0.29, 0.717) is 6.54 Å². The topological polar surface area (TPSA) is 54.3 Å². The molecule has 4 nitrogen and oxygen atoms in total. The Labute approximate surface area is 109 Å². The normalized spacial score (nSPS) is 13.3.